The predicted molar refractivity (Wildman–Crippen MR) is 125 cm³/mol. The summed E-state index contributed by atoms with van der Waals surface area (Å²) in [5.74, 6) is 0.683. The van der Waals surface area contributed by atoms with Gasteiger partial charge >= 0.3 is 0 Å². The van der Waals surface area contributed by atoms with Gasteiger partial charge in [-0.1, -0.05) is 0 Å². The van der Waals surface area contributed by atoms with Crippen molar-refractivity contribution < 1.29 is 9.18 Å². The maximum Gasteiger partial charge on any atom is 0.236 e. The molecule has 0 bridgehead atoms. The molecule has 10 heteroatoms. The molecule has 1 amide bonds. The van der Waals surface area contributed by atoms with Gasteiger partial charge < -0.3 is 21.3 Å². The number of aromatic nitrogens is 4. The van der Waals surface area contributed by atoms with E-state index in [-0.39, 0.29) is 11.9 Å². The van der Waals surface area contributed by atoms with Gasteiger partial charge in [0.15, 0.2) is 5.82 Å². The van der Waals surface area contributed by atoms with Gasteiger partial charge in [-0.2, -0.15) is 5.10 Å². The number of fused-ring (bicyclic) bond motifs is 2. The minimum absolute atomic E-state index is 0.183. The van der Waals surface area contributed by atoms with Gasteiger partial charge in [0.2, 0.25) is 5.91 Å². The second-order valence-electron chi connectivity index (χ2n) is 8.31. The molecule has 0 aliphatic carbocycles. The van der Waals surface area contributed by atoms with Crippen molar-refractivity contribution >= 4 is 34.0 Å². The molecule has 0 saturated carbocycles. The number of aryl methyl sites for hydroxylation is 1. The number of rotatable bonds is 5. The quantitative estimate of drug-likeness (QED) is 0.429. The molecule has 4 N–H and O–H groups in total. The lowest BCUT2D eigenvalue weighted by Crippen LogP contribution is -2.56. The lowest BCUT2D eigenvalue weighted by atomic mass is 10.0. The SMILES string of the molecule is Cc1c(F)ccc2cc([C@H](C)Nc3ncnn4cccc34)c(N3CCNC(C(N)=O)C3)nc12. The van der Waals surface area contributed by atoms with E-state index in [0.29, 0.717) is 42.4 Å². The lowest BCUT2D eigenvalue weighted by molar-refractivity contribution is -0.120. The zero-order chi connectivity index (χ0) is 23.1. The first-order valence-electron chi connectivity index (χ1n) is 10.8. The number of nitrogens with two attached hydrogens (primary N) is 1. The van der Waals surface area contributed by atoms with Gasteiger partial charge in [-0.05, 0) is 44.2 Å². The van der Waals surface area contributed by atoms with Crippen LogP contribution in [-0.2, 0) is 4.79 Å². The van der Waals surface area contributed by atoms with Crippen LogP contribution in [0.4, 0.5) is 16.0 Å². The van der Waals surface area contributed by atoms with Gasteiger partial charge in [-0.25, -0.2) is 18.9 Å². The Labute approximate surface area is 189 Å². The molecule has 1 aromatic carbocycles. The van der Waals surface area contributed by atoms with Crippen LogP contribution in [0.15, 0.2) is 42.9 Å². The van der Waals surface area contributed by atoms with Crippen molar-refractivity contribution in [2.24, 2.45) is 5.73 Å². The van der Waals surface area contributed by atoms with Crippen LogP contribution in [-0.4, -0.2) is 51.2 Å². The number of piperazine rings is 1. The molecule has 1 unspecified atom stereocenters. The fourth-order valence-corrected chi connectivity index (χ4v) is 4.33. The number of hydrogen-bond donors (Lipinski definition) is 3. The van der Waals surface area contributed by atoms with Crippen LogP contribution in [0.2, 0.25) is 0 Å². The number of amides is 1. The highest BCUT2D eigenvalue weighted by Crippen LogP contribution is 2.33. The molecule has 0 spiro atoms. The number of anilines is 2. The molecule has 33 heavy (non-hydrogen) atoms. The first-order chi connectivity index (χ1) is 15.9. The number of halogens is 1. The van der Waals surface area contributed by atoms with Crippen molar-refractivity contribution in [3.8, 4) is 0 Å². The number of carbonyl (C=O) groups excluding carboxylic acids is 1. The van der Waals surface area contributed by atoms with Crippen molar-refractivity contribution in [1.29, 1.82) is 0 Å². The van der Waals surface area contributed by atoms with Gasteiger partial charge in [0.25, 0.3) is 0 Å². The third-order valence-electron chi connectivity index (χ3n) is 6.15. The van der Waals surface area contributed by atoms with E-state index in [1.807, 2.05) is 36.2 Å². The Balaban J connectivity index is 1.60. The van der Waals surface area contributed by atoms with Gasteiger partial charge in [-0.3, -0.25) is 4.79 Å². The summed E-state index contributed by atoms with van der Waals surface area (Å²) in [4.78, 5) is 23.2. The summed E-state index contributed by atoms with van der Waals surface area (Å²) in [5.41, 5.74) is 8.43. The van der Waals surface area contributed by atoms with Crippen LogP contribution >= 0.6 is 0 Å². The third kappa shape index (κ3) is 3.82. The van der Waals surface area contributed by atoms with Gasteiger partial charge in [0.1, 0.15) is 29.5 Å². The van der Waals surface area contributed by atoms with Gasteiger partial charge in [0.05, 0.1) is 11.6 Å². The summed E-state index contributed by atoms with van der Waals surface area (Å²) < 4.78 is 16.1. The molecule has 0 radical (unpaired) electrons. The zero-order valence-electron chi connectivity index (χ0n) is 18.4. The number of benzene rings is 1. The Morgan fingerprint density at radius 3 is 3.03 bits per heavy atom. The molecule has 1 saturated heterocycles. The highest BCUT2D eigenvalue weighted by molar-refractivity contribution is 5.86. The number of nitrogens with zero attached hydrogens (tertiary/aromatic N) is 5. The van der Waals surface area contributed by atoms with Crippen molar-refractivity contribution in [1.82, 2.24) is 24.9 Å². The number of hydrogen-bond acceptors (Lipinski definition) is 7. The summed E-state index contributed by atoms with van der Waals surface area (Å²) in [5, 5.41) is 11.7. The molecular formula is C23H25FN8O. The van der Waals surface area contributed by atoms with E-state index in [9.17, 15) is 9.18 Å². The molecule has 9 nitrogen and oxygen atoms in total. The Kier molecular flexibility index (Phi) is 5.29. The highest BCUT2D eigenvalue weighted by Gasteiger charge is 2.28. The van der Waals surface area contributed by atoms with Crippen molar-refractivity contribution in [2.75, 3.05) is 29.9 Å². The normalized spacial score (nSPS) is 17.4. The second-order valence-corrected chi connectivity index (χ2v) is 8.31. The smallest absolute Gasteiger partial charge is 0.236 e. The Hall–Kier alpha value is -3.79. The standard InChI is InChI=1S/C23H25FN8O/c1-13-17(24)6-5-15-10-16(14(2)29-22-19-4-3-8-32(19)28-12-27-22)23(30-20(13)15)31-9-7-26-18(11-31)21(25)33/h3-6,8,10,12,14,18,26H,7,9,11H2,1-2H3,(H2,25,33)(H,27,28,29)/t14-,18?/m0/s1. The Morgan fingerprint density at radius 1 is 1.36 bits per heavy atom. The predicted octanol–water partition coefficient (Wildman–Crippen LogP) is 2.16. The van der Waals surface area contributed by atoms with Crippen LogP contribution in [0.5, 0.6) is 0 Å². The van der Waals surface area contributed by atoms with Crippen molar-refractivity contribution in [2.45, 2.75) is 25.9 Å². The summed E-state index contributed by atoms with van der Waals surface area (Å²) in [6.45, 7) is 5.38. The van der Waals surface area contributed by atoms with E-state index >= 15 is 0 Å². The van der Waals surface area contributed by atoms with Gasteiger partial charge in [0, 0.05) is 42.3 Å². The fraction of sp³-hybridized carbons (Fsp3) is 0.304. The van der Waals surface area contributed by atoms with Crippen LogP contribution in [0.3, 0.4) is 0 Å². The minimum atomic E-state index is -0.483. The van der Waals surface area contributed by atoms with E-state index in [1.54, 1.807) is 17.5 Å². The van der Waals surface area contributed by atoms with E-state index < -0.39 is 11.9 Å². The maximum atomic E-state index is 14.3. The first kappa shape index (κ1) is 21.1. The molecule has 3 aromatic heterocycles. The van der Waals surface area contributed by atoms with E-state index in [1.165, 1.54) is 12.4 Å². The maximum absolute atomic E-state index is 14.3. The van der Waals surface area contributed by atoms with Crippen molar-refractivity contribution in [3.63, 3.8) is 0 Å². The summed E-state index contributed by atoms with van der Waals surface area (Å²) in [6.07, 6.45) is 3.36. The summed E-state index contributed by atoms with van der Waals surface area (Å²) >= 11 is 0. The molecule has 1 aliphatic rings. The van der Waals surface area contributed by atoms with E-state index in [2.05, 4.69) is 20.7 Å². The van der Waals surface area contributed by atoms with Crippen molar-refractivity contribution in [3.05, 3.63) is 59.8 Å². The van der Waals surface area contributed by atoms with E-state index in [4.69, 9.17) is 10.7 Å². The van der Waals surface area contributed by atoms with Gasteiger partial charge in [-0.15, -0.1) is 0 Å². The Bertz CT molecular complexity index is 1350. The monoisotopic (exact) mass is 448 g/mol. The molecule has 2 atom stereocenters. The summed E-state index contributed by atoms with van der Waals surface area (Å²) in [7, 11) is 0. The average Bonchev–Trinajstić information content (AvgIpc) is 3.31. The first-order valence-corrected chi connectivity index (χ1v) is 10.8. The highest BCUT2D eigenvalue weighted by atomic mass is 19.1. The molecule has 170 valence electrons. The number of carbonyl (C=O) groups is 1. The molecule has 5 rings (SSSR count). The van der Waals surface area contributed by atoms with Crippen LogP contribution in [0.1, 0.15) is 24.1 Å². The van der Waals surface area contributed by atoms with Crippen LogP contribution < -0.4 is 21.3 Å². The Morgan fingerprint density at radius 2 is 2.21 bits per heavy atom. The number of nitrogens with one attached hydrogen (secondary N) is 2. The minimum Gasteiger partial charge on any atom is -0.368 e. The topological polar surface area (TPSA) is 113 Å². The summed E-state index contributed by atoms with van der Waals surface area (Å²) in [6, 6.07) is 8.41. The van der Waals surface area contributed by atoms with Crippen LogP contribution in [0.25, 0.3) is 16.4 Å². The van der Waals surface area contributed by atoms with E-state index in [0.717, 1.165) is 16.5 Å². The van der Waals surface area contributed by atoms with Crippen LogP contribution in [0, 0.1) is 12.7 Å². The molecular weight excluding hydrogens is 423 g/mol. The third-order valence-corrected chi connectivity index (χ3v) is 6.15. The number of pyridine rings is 1. The molecule has 1 aliphatic heterocycles. The average molecular weight is 449 g/mol. The zero-order valence-corrected chi connectivity index (χ0v) is 18.4. The second kappa shape index (κ2) is 8.28. The fourth-order valence-electron chi connectivity index (χ4n) is 4.33. The molecule has 4 aromatic rings. The molecule has 1 fully saturated rings. The number of primary amides is 1. The largest absolute Gasteiger partial charge is 0.368 e. The lowest BCUT2D eigenvalue weighted by Gasteiger charge is -2.35. The molecule has 4 heterocycles.